The van der Waals surface area contributed by atoms with Crippen LogP contribution in [0.2, 0.25) is 4.47 Å². The van der Waals surface area contributed by atoms with E-state index in [1.807, 2.05) is 30.3 Å². The molecule has 0 aliphatic carbocycles. The van der Waals surface area contributed by atoms with Crippen molar-refractivity contribution in [1.29, 1.82) is 0 Å². The zero-order chi connectivity index (χ0) is 11.8. The van der Waals surface area contributed by atoms with Gasteiger partial charge in [0, 0.05) is 0 Å². The second kappa shape index (κ2) is 7.49. The van der Waals surface area contributed by atoms with Gasteiger partial charge in [0.25, 0.3) is 0 Å². The summed E-state index contributed by atoms with van der Waals surface area (Å²) in [5, 5.41) is 8.85. The van der Waals surface area contributed by atoms with Crippen LogP contribution in [0.15, 0.2) is 36.4 Å². The molecule has 1 N–H and O–H groups in total. The minimum atomic E-state index is -0.833. The average molecular weight is 332 g/mol. The summed E-state index contributed by atoms with van der Waals surface area (Å²) in [6.45, 7) is 2.16. The third-order valence-corrected chi connectivity index (χ3v) is 5.37. The van der Waals surface area contributed by atoms with Crippen LogP contribution in [0.25, 0.3) is 3.62 Å². The summed E-state index contributed by atoms with van der Waals surface area (Å²) in [7, 11) is 0. The van der Waals surface area contributed by atoms with E-state index >= 15 is 0 Å². The topological polar surface area (TPSA) is 37.3 Å². The fourth-order valence-electron chi connectivity index (χ4n) is 1.25. The average Bonchev–Trinajstić information content (AvgIpc) is 2.29. The number of rotatable bonds is 6. The Kier molecular flexibility index (Phi) is 6.22. The van der Waals surface area contributed by atoms with Gasteiger partial charge in [0.05, 0.1) is 0 Å². The summed E-state index contributed by atoms with van der Waals surface area (Å²) in [4.78, 5) is 10.8. The SMILES string of the molecule is CCCC[Te]/C(=C\C(=O)O)c1ccccc1. The van der Waals surface area contributed by atoms with Crippen molar-refractivity contribution < 1.29 is 9.90 Å². The summed E-state index contributed by atoms with van der Waals surface area (Å²) in [6.07, 6.45) is 3.76. The number of benzene rings is 1. The molecule has 0 atom stereocenters. The molecule has 0 aliphatic rings. The molecular weight excluding hydrogens is 316 g/mol. The molecule has 3 heteroatoms. The van der Waals surface area contributed by atoms with Crippen molar-refractivity contribution in [2.75, 3.05) is 0 Å². The van der Waals surface area contributed by atoms with Gasteiger partial charge in [-0.05, 0) is 0 Å². The molecule has 0 spiro atoms. The van der Waals surface area contributed by atoms with E-state index in [1.165, 1.54) is 23.4 Å². The van der Waals surface area contributed by atoms with Crippen molar-refractivity contribution in [3.8, 4) is 0 Å². The van der Waals surface area contributed by atoms with Gasteiger partial charge in [-0.25, -0.2) is 0 Å². The van der Waals surface area contributed by atoms with Crippen LogP contribution in [0.5, 0.6) is 0 Å². The Labute approximate surface area is 106 Å². The van der Waals surface area contributed by atoms with Gasteiger partial charge >= 0.3 is 107 Å². The molecule has 0 saturated carbocycles. The second-order valence-electron chi connectivity index (χ2n) is 3.41. The molecule has 0 aromatic heterocycles. The summed E-state index contributed by atoms with van der Waals surface area (Å²) in [5.74, 6) is -0.833. The molecule has 16 heavy (non-hydrogen) atoms. The van der Waals surface area contributed by atoms with Crippen LogP contribution < -0.4 is 0 Å². The van der Waals surface area contributed by atoms with Gasteiger partial charge in [0.2, 0.25) is 0 Å². The molecule has 0 saturated heterocycles. The quantitative estimate of drug-likeness (QED) is 0.494. The van der Waals surface area contributed by atoms with Gasteiger partial charge in [-0.2, -0.15) is 0 Å². The van der Waals surface area contributed by atoms with E-state index in [9.17, 15) is 4.79 Å². The summed E-state index contributed by atoms with van der Waals surface area (Å²) < 4.78 is 2.22. The number of carboxylic acids is 1. The van der Waals surface area contributed by atoms with Crippen molar-refractivity contribution >= 4 is 30.5 Å². The normalized spacial score (nSPS) is 11.4. The minimum absolute atomic E-state index is 0.364. The van der Waals surface area contributed by atoms with Gasteiger partial charge in [-0.15, -0.1) is 0 Å². The van der Waals surface area contributed by atoms with Crippen molar-refractivity contribution in [2.24, 2.45) is 0 Å². The van der Waals surface area contributed by atoms with E-state index in [4.69, 9.17) is 5.11 Å². The number of hydrogen-bond donors (Lipinski definition) is 1. The molecule has 1 aromatic rings. The van der Waals surface area contributed by atoms with Crippen LogP contribution in [0.3, 0.4) is 0 Å². The van der Waals surface area contributed by atoms with E-state index in [-0.39, 0.29) is 20.9 Å². The van der Waals surface area contributed by atoms with E-state index in [0.717, 1.165) is 9.18 Å². The van der Waals surface area contributed by atoms with Gasteiger partial charge in [0.1, 0.15) is 0 Å². The first-order valence-corrected chi connectivity index (χ1v) is 8.18. The Bertz CT molecular complexity index is 357. The number of unbranched alkanes of at least 4 members (excludes halogenated alkanes) is 1. The van der Waals surface area contributed by atoms with Crippen LogP contribution in [-0.2, 0) is 4.79 Å². The number of carbonyl (C=O) groups is 1. The maximum absolute atomic E-state index is 10.8. The Hall–Kier alpha value is -0.780. The molecule has 1 rings (SSSR count). The summed E-state index contributed by atoms with van der Waals surface area (Å²) in [6, 6.07) is 9.85. The van der Waals surface area contributed by atoms with Gasteiger partial charge < -0.3 is 0 Å². The molecule has 0 fully saturated rings. The predicted octanol–water partition coefficient (Wildman–Crippen LogP) is 3.03. The first kappa shape index (κ1) is 13.3. The molecule has 0 heterocycles. The van der Waals surface area contributed by atoms with Crippen molar-refractivity contribution in [2.45, 2.75) is 24.2 Å². The summed E-state index contributed by atoms with van der Waals surface area (Å²) in [5.41, 5.74) is 1.07. The molecule has 0 bridgehead atoms. The molecule has 86 valence electrons. The van der Waals surface area contributed by atoms with Crippen LogP contribution in [0, 0.1) is 0 Å². The van der Waals surface area contributed by atoms with E-state index in [2.05, 4.69) is 6.92 Å². The molecule has 0 unspecified atom stereocenters. The van der Waals surface area contributed by atoms with Gasteiger partial charge in [0.15, 0.2) is 0 Å². The Morgan fingerprint density at radius 2 is 2.06 bits per heavy atom. The van der Waals surface area contributed by atoms with Crippen molar-refractivity contribution in [3.05, 3.63) is 42.0 Å². The maximum atomic E-state index is 10.8. The van der Waals surface area contributed by atoms with Crippen LogP contribution in [0.4, 0.5) is 0 Å². The van der Waals surface area contributed by atoms with Gasteiger partial charge in [-0.3, -0.25) is 0 Å². The number of carboxylic acid groups (broad SMARTS) is 1. The third-order valence-electron chi connectivity index (χ3n) is 2.07. The third kappa shape index (κ3) is 4.83. The van der Waals surface area contributed by atoms with Crippen LogP contribution >= 0.6 is 0 Å². The summed E-state index contributed by atoms with van der Waals surface area (Å²) >= 11 is -0.364. The Morgan fingerprint density at radius 1 is 1.38 bits per heavy atom. The molecule has 0 amide bonds. The van der Waals surface area contributed by atoms with Crippen LogP contribution in [-0.4, -0.2) is 32.0 Å². The van der Waals surface area contributed by atoms with Crippen LogP contribution in [0.1, 0.15) is 25.3 Å². The van der Waals surface area contributed by atoms with Crippen molar-refractivity contribution in [3.63, 3.8) is 0 Å². The monoisotopic (exact) mass is 334 g/mol. The molecule has 2 nitrogen and oxygen atoms in total. The molecule has 0 radical (unpaired) electrons. The van der Waals surface area contributed by atoms with E-state index in [1.54, 1.807) is 0 Å². The van der Waals surface area contributed by atoms with Gasteiger partial charge in [-0.1, -0.05) is 0 Å². The Balaban J connectivity index is 2.76. The molecule has 0 aliphatic heterocycles. The van der Waals surface area contributed by atoms with Crippen molar-refractivity contribution in [1.82, 2.24) is 0 Å². The first-order valence-electron chi connectivity index (χ1n) is 5.37. The zero-order valence-electron chi connectivity index (χ0n) is 9.35. The molecular formula is C13H16O2Te. The predicted molar refractivity (Wildman–Crippen MR) is 67.5 cm³/mol. The Morgan fingerprint density at radius 3 is 2.62 bits per heavy atom. The standard InChI is InChI=1S/C13H16O2Te/c1-2-3-9-16-12(10-13(14)15)11-7-5-4-6-8-11/h4-8,10H,2-3,9H2,1H3,(H,14,15)/b12-10-. The van der Waals surface area contributed by atoms with E-state index in [0.29, 0.717) is 0 Å². The zero-order valence-corrected chi connectivity index (χ0v) is 11.7. The fraction of sp³-hybridized carbons (Fsp3) is 0.308. The van der Waals surface area contributed by atoms with E-state index < -0.39 is 5.97 Å². The first-order chi connectivity index (χ1) is 7.74. The second-order valence-corrected chi connectivity index (χ2v) is 6.66. The molecule has 1 aromatic carbocycles. The number of aliphatic carboxylic acids is 1. The fourth-order valence-corrected chi connectivity index (χ4v) is 4.50. The number of hydrogen-bond acceptors (Lipinski definition) is 1.